The third-order valence-corrected chi connectivity index (χ3v) is 3.84. The van der Waals surface area contributed by atoms with Crippen molar-refractivity contribution in [1.82, 2.24) is 24.5 Å². The van der Waals surface area contributed by atoms with Crippen LogP contribution in [0.3, 0.4) is 0 Å². The van der Waals surface area contributed by atoms with E-state index >= 15 is 0 Å². The number of aromatic nitrogens is 5. The minimum atomic E-state index is -0.390. The van der Waals surface area contributed by atoms with E-state index in [1.165, 1.54) is 17.1 Å². The largest absolute Gasteiger partial charge is 0.288 e. The summed E-state index contributed by atoms with van der Waals surface area (Å²) in [6.45, 7) is 0.233. The fraction of sp³-hybridized carbons (Fsp3) is 0.143. The topological polar surface area (TPSA) is 77.6 Å². The lowest BCUT2D eigenvalue weighted by Gasteiger charge is -2.02. The van der Waals surface area contributed by atoms with Crippen molar-refractivity contribution in [3.8, 4) is 0 Å². The van der Waals surface area contributed by atoms with Gasteiger partial charge in [0.05, 0.1) is 10.1 Å². The highest BCUT2D eigenvalue weighted by molar-refractivity contribution is 14.1. The zero-order valence-corrected chi connectivity index (χ0v) is 14.2. The first kappa shape index (κ1) is 15.6. The average Bonchev–Trinajstić information content (AvgIpc) is 3.07. The van der Waals surface area contributed by atoms with Crippen molar-refractivity contribution in [3.63, 3.8) is 0 Å². The van der Waals surface area contributed by atoms with Crippen LogP contribution >= 0.6 is 22.6 Å². The van der Waals surface area contributed by atoms with Crippen LogP contribution in [0.1, 0.15) is 16.1 Å². The molecule has 0 bridgehead atoms. The van der Waals surface area contributed by atoms with E-state index in [-0.39, 0.29) is 18.3 Å². The zero-order valence-electron chi connectivity index (χ0n) is 12.1. The van der Waals surface area contributed by atoms with Crippen LogP contribution in [0.15, 0.2) is 36.8 Å². The zero-order chi connectivity index (χ0) is 16.4. The fourth-order valence-corrected chi connectivity index (χ4v) is 2.76. The number of aryl methyl sites for hydroxylation is 1. The predicted molar refractivity (Wildman–Crippen MR) is 89.4 cm³/mol. The molecule has 0 unspecified atom stereocenters. The molecule has 1 aromatic carbocycles. The van der Waals surface area contributed by atoms with Gasteiger partial charge in [0.1, 0.15) is 12.1 Å². The van der Waals surface area contributed by atoms with Crippen LogP contribution in [0.25, 0.3) is 0 Å². The van der Waals surface area contributed by atoms with E-state index in [2.05, 4.69) is 20.5 Å². The lowest BCUT2D eigenvalue weighted by Crippen LogP contribution is -2.15. The van der Waals surface area contributed by atoms with E-state index in [1.54, 1.807) is 36.1 Å². The summed E-state index contributed by atoms with van der Waals surface area (Å²) in [6, 6.07) is 6.44. The molecule has 0 aliphatic carbocycles. The maximum absolute atomic E-state index is 13.6. The van der Waals surface area contributed by atoms with Gasteiger partial charge in [-0.1, -0.05) is 18.2 Å². The van der Waals surface area contributed by atoms with Crippen LogP contribution < -0.4 is 5.32 Å². The van der Waals surface area contributed by atoms with Gasteiger partial charge in [-0.3, -0.25) is 14.8 Å². The van der Waals surface area contributed by atoms with E-state index < -0.39 is 5.91 Å². The number of anilines is 1. The SMILES string of the molecule is Cn1cc(I)c(C(=O)Nc2ncn(Cc3ccccc3F)n2)n1. The molecule has 3 aromatic rings. The van der Waals surface area contributed by atoms with E-state index in [1.807, 2.05) is 22.6 Å². The molecule has 2 heterocycles. The first-order chi connectivity index (χ1) is 11.0. The minimum Gasteiger partial charge on any atom is -0.288 e. The highest BCUT2D eigenvalue weighted by atomic mass is 127. The van der Waals surface area contributed by atoms with Crippen LogP contribution in [0.4, 0.5) is 10.3 Å². The van der Waals surface area contributed by atoms with Crippen molar-refractivity contribution < 1.29 is 9.18 Å². The molecular weight excluding hydrogens is 414 g/mol. The van der Waals surface area contributed by atoms with Gasteiger partial charge in [0, 0.05) is 18.8 Å². The molecule has 7 nitrogen and oxygen atoms in total. The molecule has 23 heavy (non-hydrogen) atoms. The van der Waals surface area contributed by atoms with Gasteiger partial charge in [0.15, 0.2) is 5.69 Å². The van der Waals surface area contributed by atoms with Gasteiger partial charge in [-0.2, -0.15) is 5.10 Å². The molecule has 2 aromatic heterocycles. The summed E-state index contributed by atoms with van der Waals surface area (Å²) in [5, 5.41) is 10.8. The fourth-order valence-electron chi connectivity index (χ4n) is 2.00. The summed E-state index contributed by atoms with van der Waals surface area (Å²) >= 11 is 2.03. The van der Waals surface area contributed by atoms with Crippen LogP contribution in [0.2, 0.25) is 0 Å². The third kappa shape index (κ3) is 3.55. The summed E-state index contributed by atoms with van der Waals surface area (Å²) in [4.78, 5) is 16.1. The molecule has 0 saturated carbocycles. The van der Waals surface area contributed by atoms with Gasteiger partial charge in [0.25, 0.3) is 5.91 Å². The number of carbonyl (C=O) groups excluding carboxylic acids is 1. The molecule has 0 fully saturated rings. The number of carbonyl (C=O) groups is 1. The van der Waals surface area contributed by atoms with Gasteiger partial charge in [-0.15, -0.1) is 5.10 Å². The first-order valence-electron chi connectivity index (χ1n) is 6.66. The van der Waals surface area contributed by atoms with Crippen molar-refractivity contribution in [1.29, 1.82) is 0 Å². The number of amides is 1. The summed E-state index contributed by atoms with van der Waals surface area (Å²) in [7, 11) is 1.74. The predicted octanol–water partition coefficient (Wildman–Crippen LogP) is 2.06. The highest BCUT2D eigenvalue weighted by Crippen LogP contribution is 2.12. The Labute approximate surface area is 144 Å². The second kappa shape index (κ2) is 6.44. The quantitative estimate of drug-likeness (QED) is 0.649. The molecule has 118 valence electrons. The summed E-state index contributed by atoms with van der Waals surface area (Å²) in [5.41, 5.74) is 0.799. The molecule has 0 saturated heterocycles. The summed E-state index contributed by atoms with van der Waals surface area (Å²) in [6.07, 6.45) is 3.17. The van der Waals surface area contributed by atoms with Gasteiger partial charge >= 0.3 is 0 Å². The molecule has 0 radical (unpaired) electrons. The number of benzene rings is 1. The maximum Gasteiger partial charge on any atom is 0.279 e. The van der Waals surface area contributed by atoms with Gasteiger partial charge < -0.3 is 0 Å². The molecule has 1 N–H and O–H groups in total. The Balaban J connectivity index is 1.71. The van der Waals surface area contributed by atoms with Crippen molar-refractivity contribution >= 4 is 34.4 Å². The first-order valence-corrected chi connectivity index (χ1v) is 7.74. The lowest BCUT2D eigenvalue weighted by atomic mass is 10.2. The molecule has 0 aliphatic heterocycles. The smallest absolute Gasteiger partial charge is 0.279 e. The van der Waals surface area contributed by atoms with E-state index in [0.29, 0.717) is 11.3 Å². The van der Waals surface area contributed by atoms with Crippen LogP contribution in [-0.4, -0.2) is 30.5 Å². The van der Waals surface area contributed by atoms with Crippen molar-refractivity contribution in [2.24, 2.45) is 7.05 Å². The highest BCUT2D eigenvalue weighted by Gasteiger charge is 2.16. The van der Waals surface area contributed by atoms with Crippen LogP contribution in [0, 0.1) is 9.39 Å². The molecular formula is C14H12FIN6O. The number of nitrogens with zero attached hydrogens (tertiary/aromatic N) is 5. The monoisotopic (exact) mass is 426 g/mol. The minimum absolute atomic E-state index is 0.146. The Morgan fingerprint density at radius 3 is 2.83 bits per heavy atom. The molecule has 0 spiro atoms. The maximum atomic E-state index is 13.6. The van der Waals surface area contributed by atoms with E-state index in [0.717, 1.165) is 3.57 Å². The Morgan fingerprint density at radius 1 is 1.35 bits per heavy atom. The van der Waals surface area contributed by atoms with E-state index in [4.69, 9.17) is 0 Å². The number of hydrogen-bond acceptors (Lipinski definition) is 4. The lowest BCUT2D eigenvalue weighted by molar-refractivity contribution is 0.102. The Kier molecular flexibility index (Phi) is 4.37. The Morgan fingerprint density at radius 2 is 2.13 bits per heavy atom. The number of halogens is 2. The van der Waals surface area contributed by atoms with E-state index in [9.17, 15) is 9.18 Å². The third-order valence-electron chi connectivity index (χ3n) is 3.05. The summed E-state index contributed by atoms with van der Waals surface area (Å²) < 4.78 is 17.4. The summed E-state index contributed by atoms with van der Waals surface area (Å²) in [5.74, 6) is -0.553. The standard InChI is InChI=1S/C14H12FIN6O/c1-21-7-11(16)12(19-21)13(23)18-14-17-8-22(20-14)6-9-4-2-3-5-10(9)15/h2-5,7-8H,6H2,1H3,(H,18,20,23). The molecule has 1 amide bonds. The van der Waals surface area contributed by atoms with Crippen LogP contribution in [0.5, 0.6) is 0 Å². The van der Waals surface area contributed by atoms with Crippen molar-refractivity contribution in [2.45, 2.75) is 6.54 Å². The van der Waals surface area contributed by atoms with Gasteiger partial charge in [-0.25, -0.2) is 14.1 Å². The number of hydrogen-bond donors (Lipinski definition) is 1. The Bertz CT molecular complexity index is 859. The van der Waals surface area contributed by atoms with Crippen LogP contribution in [-0.2, 0) is 13.6 Å². The molecule has 0 aliphatic rings. The second-order valence-corrected chi connectivity index (χ2v) is 5.97. The Hall–Kier alpha value is -2.30. The number of rotatable bonds is 4. The van der Waals surface area contributed by atoms with Gasteiger partial charge in [0.2, 0.25) is 5.95 Å². The molecule has 0 atom stereocenters. The van der Waals surface area contributed by atoms with Crippen molar-refractivity contribution in [3.05, 3.63) is 57.4 Å². The molecule has 3 rings (SSSR count). The number of nitrogens with one attached hydrogen (secondary N) is 1. The van der Waals surface area contributed by atoms with Gasteiger partial charge in [-0.05, 0) is 28.7 Å². The average molecular weight is 426 g/mol. The second-order valence-electron chi connectivity index (χ2n) is 4.81. The molecule has 9 heteroatoms. The normalized spacial score (nSPS) is 10.7. The van der Waals surface area contributed by atoms with Crippen molar-refractivity contribution in [2.75, 3.05) is 5.32 Å².